The molecular formula is C54H45N3. The van der Waals surface area contributed by atoms with Gasteiger partial charge in [0.05, 0.1) is 22.4 Å². The van der Waals surface area contributed by atoms with Crippen LogP contribution >= 0.6 is 0 Å². The normalized spacial score (nSPS) is 17.2. The van der Waals surface area contributed by atoms with E-state index in [1.807, 2.05) is 0 Å². The molecule has 2 aliphatic heterocycles. The van der Waals surface area contributed by atoms with E-state index in [0.29, 0.717) is 5.92 Å². The molecule has 0 spiro atoms. The van der Waals surface area contributed by atoms with Gasteiger partial charge in [-0.2, -0.15) is 0 Å². The lowest BCUT2D eigenvalue weighted by molar-refractivity contribution is 0.379. The largest absolute Gasteiger partial charge is 0.312 e. The molecule has 1 aliphatic carbocycles. The Kier molecular flexibility index (Phi) is 7.38. The van der Waals surface area contributed by atoms with Crippen LogP contribution in [0.15, 0.2) is 182 Å². The van der Waals surface area contributed by atoms with Crippen molar-refractivity contribution in [3.05, 3.63) is 199 Å². The number of aromatic nitrogens is 1. The second-order valence-electron chi connectivity index (χ2n) is 17.0. The third kappa shape index (κ3) is 4.98. The molecule has 8 aromatic rings. The molecule has 0 bridgehead atoms. The first-order chi connectivity index (χ1) is 27.8. The van der Waals surface area contributed by atoms with Crippen LogP contribution < -0.4 is 9.80 Å². The monoisotopic (exact) mass is 735 g/mol. The smallest absolute Gasteiger partial charge is 0.0575 e. The summed E-state index contributed by atoms with van der Waals surface area (Å²) in [6, 6.07) is 60.4. The van der Waals surface area contributed by atoms with E-state index in [9.17, 15) is 0 Å². The molecule has 0 fully saturated rings. The summed E-state index contributed by atoms with van der Waals surface area (Å²) in [5.74, 6) is 0.441. The van der Waals surface area contributed by atoms with E-state index in [1.165, 1.54) is 72.4 Å². The van der Waals surface area contributed by atoms with Crippen LogP contribution in [0.1, 0.15) is 50.8 Å². The fourth-order valence-electron chi connectivity index (χ4n) is 10.3. The van der Waals surface area contributed by atoms with Gasteiger partial charge < -0.3 is 14.4 Å². The fraction of sp³-hybridized carbons (Fsp3) is 0.148. The quantitative estimate of drug-likeness (QED) is 0.174. The van der Waals surface area contributed by atoms with Crippen molar-refractivity contribution in [1.82, 2.24) is 4.57 Å². The predicted octanol–water partition coefficient (Wildman–Crippen LogP) is 14.7. The molecule has 0 N–H and O–H groups in total. The Bertz CT molecular complexity index is 2890. The maximum Gasteiger partial charge on any atom is 0.0575 e. The molecule has 0 radical (unpaired) electrons. The van der Waals surface area contributed by atoms with E-state index in [2.05, 4.69) is 224 Å². The van der Waals surface area contributed by atoms with Crippen LogP contribution in [-0.4, -0.2) is 4.57 Å². The van der Waals surface area contributed by atoms with Crippen LogP contribution in [-0.2, 0) is 10.8 Å². The number of allylic oxidation sites excluding steroid dienone is 4. The molecule has 0 saturated heterocycles. The highest BCUT2D eigenvalue weighted by atomic mass is 15.2. The van der Waals surface area contributed by atoms with E-state index in [0.717, 1.165) is 23.5 Å². The first kappa shape index (κ1) is 33.7. The lowest BCUT2D eigenvalue weighted by Crippen LogP contribution is -2.35. The number of rotatable bonds is 5. The van der Waals surface area contributed by atoms with Gasteiger partial charge >= 0.3 is 0 Å². The van der Waals surface area contributed by atoms with E-state index >= 15 is 0 Å². The number of anilines is 6. The fourth-order valence-corrected chi connectivity index (χ4v) is 10.3. The third-order valence-electron chi connectivity index (χ3n) is 13.2. The van der Waals surface area contributed by atoms with Gasteiger partial charge in [-0.25, -0.2) is 0 Å². The van der Waals surface area contributed by atoms with Gasteiger partial charge in [-0.1, -0.05) is 131 Å². The molecule has 1 atom stereocenters. The molecule has 0 amide bonds. The lowest BCUT2D eigenvalue weighted by atomic mass is 9.67. The van der Waals surface area contributed by atoms with Crippen molar-refractivity contribution >= 4 is 61.6 Å². The zero-order valence-electron chi connectivity index (χ0n) is 32.9. The Morgan fingerprint density at radius 3 is 1.95 bits per heavy atom. The zero-order chi connectivity index (χ0) is 38.5. The lowest BCUT2D eigenvalue weighted by Gasteiger charge is -2.42. The van der Waals surface area contributed by atoms with Gasteiger partial charge in [0.15, 0.2) is 0 Å². The summed E-state index contributed by atoms with van der Waals surface area (Å²) >= 11 is 0. The molecule has 0 saturated carbocycles. The van der Waals surface area contributed by atoms with Gasteiger partial charge in [-0.15, -0.1) is 0 Å². The van der Waals surface area contributed by atoms with E-state index in [1.54, 1.807) is 0 Å². The maximum atomic E-state index is 2.57. The van der Waals surface area contributed by atoms with Crippen LogP contribution in [0.5, 0.6) is 0 Å². The van der Waals surface area contributed by atoms with Crippen LogP contribution in [0.25, 0.3) is 38.6 Å². The summed E-state index contributed by atoms with van der Waals surface area (Å²) in [6.07, 6.45) is 8.00. The molecule has 3 heterocycles. The molecule has 11 rings (SSSR count). The third-order valence-corrected chi connectivity index (χ3v) is 13.2. The first-order valence-corrected chi connectivity index (χ1v) is 20.3. The Labute approximate surface area is 335 Å². The highest BCUT2D eigenvalue weighted by Crippen LogP contribution is 2.55. The maximum absolute atomic E-state index is 2.57. The SMILES string of the molecule is CC1(C)c2ccccc2N(c2ccc3c(c2)c2cccc4c2n3C2=CC=CCC2C4(C)C)c2ccc(-c3ccc(N(c4ccccc4)c4ccccc4)cc3)cc21. The van der Waals surface area contributed by atoms with Crippen molar-refractivity contribution in [3.63, 3.8) is 0 Å². The highest BCUT2D eigenvalue weighted by Gasteiger charge is 2.42. The average molecular weight is 736 g/mol. The summed E-state index contributed by atoms with van der Waals surface area (Å²) in [7, 11) is 0. The molecule has 1 aromatic heterocycles. The molecular weight excluding hydrogens is 691 g/mol. The van der Waals surface area contributed by atoms with Crippen molar-refractivity contribution in [1.29, 1.82) is 0 Å². The van der Waals surface area contributed by atoms with Crippen molar-refractivity contribution in [2.45, 2.75) is 44.9 Å². The van der Waals surface area contributed by atoms with Gasteiger partial charge in [0.2, 0.25) is 0 Å². The minimum atomic E-state index is -0.203. The van der Waals surface area contributed by atoms with Crippen LogP contribution in [0, 0.1) is 5.92 Å². The van der Waals surface area contributed by atoms with E-state index in [-0.39, 0.29) is 10.8 Å². The average Bonchev–Trinajstić information content (AvgIpc) is 3.58. The van der Waals surface area contributed by atoms with Crippen molar-refractivity contribution in [2.75, 3.05) is 9.80 Å². The molecule has 3 heteroatoms. The Morgan fingerprint density at radius 2 is 1.19 bits per heavy atom. The van der Waals surface area contributed by atoms with Gasteiger partial charge in [-0.05, 0) is 113 Å². The van der Waals surface area contributed by atoms with Crippen LogP contribution in [0.3, 0.4) is 0 Å². The molecule has 1 unspecified atom stereocenters. The number of nitrogens with zero attached hydrogens (tertiary/aromatic N) is 3. The number of benzene rings is 7. The molecule has 276 valence electrons. The van der Waals surface area contributed by atoms with Crippen LogP contribution in [0.2, 0.25) is 0 Å². The topological polar surface area (TPSA) is 11.4 Å². The van der Waals surface area contributed by atoms with Crippen molar-refractivity contribution in [3.8, 4) is 11.1 Å². The summed E-state index contributed by atoms with van der Waals surface area (Å²) in [4.78, 5) is 4.82. The number of fused-ring (bicyclic) bond motifs is 7. The van der Waals surface area contributed by atoms with Crippen molar-refractivity contribution < 1.29 is 0 Å². The first-order valence-electron chi connectivity index (χ1n) is 20.3. The summed E-state index contributed by atoms with van der Waals surface area (Å²) in [6.45, 7) is 9.62. The Hall–Kier alpha value is -6.58. The van der Waals surface area contributed by atoms with Gasteiger partial charge in [-0.3, -0.25) is 0 Å². The molecule has 3 aliphatic rings. The molecule has 7 aromatic carbocycles. The summed E-state index contributed by atoms with van der Waals surface area (Å²) < 4.78 is 2.57. The second kappa shape index (κ2) is 12.5. The Balaban J connectivity index is 1.04. The molecule has 57 heavy (non-hydrogen) atoms. The minimum Gasteiger partial charge on any atom is -0.312 e. The van der Waals surface area contributed by atoms with E-state index in [4.69, 9.17) is 0 Å². The zero-order valence-corrected chi connectivity index (χ0v) is 32.9. The highest BCUT2D eigenvalue weighted by molar-refractivity contribution is 6.13. The number of hydrogen-bond acceptors (Lipinski definition) is 2. The van der Waals surface area contributed by atoms with Crippen molar-refractivity contribution in [2.24, 2.45) is 5.92 Å². The van der Waals surface area contributed by atoms with E-state index < -0.39 is 0 Å². The predicted molar refractivity (Wildman–Crippen MR) is 241 cm³/mol. The standard InChI is InChI=1S/C54H45N3/c1-53(2)45-22-12-14-25-50(45)57-48-33-31-41(35-43(48)42-20-15-23-46(53)52(42)57)56-49-24-13-11-21-44(49)54(3,4)47-34-37(28-32-51(47)56)36-26-29-40(30-27-36)55(38-16-7-5-8-17-38)39-18-9-6-10-19-39/h5-21,23-35,45H,22H2,1-4H3. The van der Waals surface area contributed by atoms with Gasteiger partial charge in [0.25, 0.3) is 0 Å². The Morgan fingerprint density at radius 1 is 0.544 bits per heavy atom. The summed E-state index contributed by atoms with van der Waals surface area (Å²) in [5.41, 5.74) is 17.5. The number of hydrogen-bond donors (Lipinski definition) is 0. The van der Waals surface area contributed by atoms with Gasteiger partial charge in [0, 0.05) is 56.0 Å². The number of para-hydroxylation sites is 4. The van der Waals surface area contributed by atoms with Crippen LogP contribution in [0.4, 0.5) is 34.1 Å². The van der Waals surface area contributed by atoms with Gasteiger partial charge in [0.1, 0.15) is 0 Å². The molecule has 3 nitrogen and oxygen atoms in total. The minimum absolute atomic E-state index is 0.0425. The second-order valence-corrected chi connectivity index (χ2v) is 17.0. The summed E-state index contributed by atoms with van der Waals surface area (Å²) in [5, 5.41) is 2.63.